The van der Waals surface area contributed by atoms with Crippen molar-refractivity contribution in [3.8, 4) is 0 Å². The van der Waals surface area contributed by atoms with Crippen LogP contribution < -0.4 is 0 Å². The van der Waals surface area contributed by atoms with E-state index in [4.69, 9.17) is 0 Å². The summed E-state index contributed by atoms with van der Waals surface area (Å²) >= 11 is 0. The van der Waals surface area contributed by atoms with Gasteiger partial charge in [-0.3, -0.25) is 0 Å². The Morgan fingerprint density at radius 3 is 1.00 bits per heavy atom. The monoisotopic (exact) mass is 122 g/mol. The van der Waals surface area contributed by atoms with Crippen molar-refractivity contribution in [2.75, 3.05) is 6.66 Å². The molecule has 0 N–H and O–H groups in total. The van der Waals surface area contributed by atoms with E-state index in [1.807, 2.05) is 0 Å². The molecule has 0 radical (unpaired) electrons. The number of halogens is 4. The van der Waals surface area contributed by atoms with Crippen LogP contribution in [0, 0.1) is 0 Å². The predicted molar refractivity (Wildman–Crippen MR) is 17.3 cm³/mol. The van der Waals surface area contributed by atoms with Gasteiger partial charge in [-0.25, -0.2) is 0 Å². The van der Waals surface area contributed by atoms with Crippen molar-refractivity contribution < 1.29 is 16.8 Å². The molecule has 40 valence electrons. The fraction of sp³-hybridized carbons (Fsp3) is 1.00. The van der Waals surface area contributed by atoms with Crippen LogP contribution in [-0.2, 0) is 0 Å². The number of rotatable bonds is 0. The molecule has 0 aliphatic rings. The predicted octanol–water partition coefficient (Wildman–Crippen LogP) is 2.71. The SMILES string of the molecule is CP(F)(F)(F)F. The van der Waals surface area contributed by atoms with E-state index in [0.29, 0.717) is 0 Å². The van der Waals surface area contributed by atoms with Crippen LogP contribution in [0.4, 0.5) is 16.8 Å². The minimum absolute atomic E-state index is 0.328. The summed E-state index contributed by atoms with van der Waals surface area (Å²) in [7, 11) is -7.05. The van der Waals surface area contributed by atoms with Gasteiger partial charge in [-0.15, -0.1) is 0 Å². The fourth-order valence-corrected chi connectivity index (χ4v) is 0. The third-order valence-electron chi connectivity index (χ3n) is 0. The van der Waals surface area contributed by atoms with Crippen molar-refractivity contribution in [2.45, 2.75) is 0 Å². The molecular formula is CH3F4P. The summed E-state index contributed by atoms with van der Waals surface area (Å²) < 4.78 is 42.0. The molecule has 0 heterocycles. The van der Waals surface area contributed by atoms with Gasteiger partial charge in [0.25, 0.3) is 0 Å². The van der Waals surface area contributed by atoms with Crippen LogP contribution >= 0.6 is 7.85 Å². The Labute approximate surface area is 32.6 Å². The van der Waals surface area contributed by atoms with Crippen molar-refractivity contribution >= 4 is 7.85 Å². The van der Waals surface area contributed by atoms with Gasteiger partial charge in [0, 0.05) is 0 Å². The van der Waals surface area contributed by atoms with E-state index in [2.05, 4.69) is 0 Å². The minimum atomic E-state index is -7.05. The maximum absolute atomic E-state index is 10.5. The topological polar surface area (TPSA) is 0 Å². The number of hydrogen-bond donors (Lipinski definition) is 0. The molecule has 5 heteroatoms. The van der Waals surface area contributed by atoms with Gasteiger partial charge in [-0.2, -0.15) is 0 Å². The zero-order valence-electron chi connectivity index (χ0n) is 2.96. The first kappa shape index (κ1) is 6.15. The molecule has 0 unspecified atom stereocenters. The van der Waals surface area contributed by atoms with Gasteiger partial charge in [0.05, 0.1) is 0 Å². The van der Waals surface area contributed by atoms with Crippen molar-refractivity contribution in [3.63, 3.8) is 0 Å². The van der Waals surface area contributed by atoms with Crippen LogP contribution in [0.1, 0.15) is 0 Å². The van der Waals surface area contributed by atoms with Crippen LogP contribution in [0.5, 0.6) is 0 Å². The molecule has 0 saturated heterocycles. The van der Waals surface area contributed by atoms with Crippen LogP contribution in [0.2, 0.25) is 0 Å². The third kappa shape index (κ3) is 1830. The van der Waals surface area contributed by atoms with E-state index < -0.39 is 7.85 Å². The first-order valence-corrected chi connectivity index (χ1v) is 3.37. The maximum atomic E-state index is 10.5. The van der Waals surface area contributed by atoms with Crippen LogP contribution in [-0.4, -0.2) is 6.66 Å². The standard InChI is InChI=1S/CH3F4P/c1-6(2,3,4)5/h1H3. The Hall–Kier alpha value is 0.150. The van der Waals surface area contributed by atoms with Crippen LogP contribution in [0.3, 0.4) is 0 Å². The third-order valence-corrected chi connectivity index (χ3v) is 0. The van der Waals surface area contributed by atoms with Gasteiger partial charge in [0.2, 0.25) is 0 Å². The van der Waals surface area contributed by atoms with Gasteiger partial charge in [-0.1, -0.05) is 0 Å². The van der Waals surface area contributed by atoms with Gasteiger partial charge < -0.3 is 0 Å². The Balaban J connectivity index is 3.73. The van der Waals surface area contributed by atoms with E-state index in [-0.39, 0.29) is 6.66 Å². The molecule has 0 aromatic heterocycles. The number of hydrogen-bond acceptors (Lipinski definition) is 0. The Morgan fingerprint density at radius 2 is 1.00 bits per heavy atom. The Bertz CT molecular complexity index is 40.7. The molecule has 0 bridgehead atoms. The average molecular weight is 122 g/mol. The first-order valence-electron chi connectivity index (χ1n) is 1.12. The van der Waals surface area contributed by atoms with E-state index in [0.717, 1.165) is 0 Å². The second-order valence-electron chi connectivity index (χ2n) is 1.06. The van der Waals surface area contributed by atoms with E-state index in [9.17, 15) is 16.8 Å². The molecule has 0 amide bonds. The van der Waals surface area contributed by atoms with E-state index >= 15 is 0 Å². The van der Waals surface area contributed by atoms with Crippen molar-refractivity contribution in [3.05, 3.63) is 0 Å². The molecule has 0 aliphatic carbocycles. The second kappa shape index (κ2) is 0.861. The Morgan fingerprint density at radius 1 is 1.00 bits per heavy atom. The molecule has 0 spiro atoms. The zero-order valence-corrected chi connectivity index (χ0v) is 3.85. The van der Waals surface area contributed by atoms with Crippen LogP contribution in [0.15, 0.2) is 0 Å². The summed E-state index contributed by atoms with van der Waals surface area (Å²) in [6, 6.07) is 0. The summed E-state index contributed by atoms with van der Waals surface area (Å²) in [5.74, 6) is 0. The average Bonchev–Trinajstić information content (AvgIpc) is 0.650. The summed E-state index contributed by atoms with van der Waals surface area (Å²) in [6.07, 6.45) is 0. The second-order valence-corrected chi connectivity index (χ2v) is 3.18. The molecule has 0 saturated carbocycles. The van der Waals surface area contributed by atoms with E-state index in [1.165, 1.54) is 0 Å². The Kier molecular flexibility index (Phi) is 0.882. The first-order chi connectivity index (χ1) is 2.24. The zero-order chi connectivity index (χ0) is 5.45. The van der Waals surface area contributed by atoms with Gasteiger partial charge in [0.15, 0.2) is 0 Å². The molecule has 0 nitrogen and oxygen atoms in total. The van der Waals surface area contributed by atoms with Crippen LogP contribution in [0.25, 0.3) is 0 Å². The molecule has 0 fully saturated rings. The molecule has 0 aromatic rings. The van der Waals surface area contributed by atoms with Gasteiger partial charge in [-0.05, 0) is 0 Å². The molecule has 0 aromatic carbocycles. The van der Waals surface area contributed by atoms with Gasteiger partial charge in [0.1, 0.15) is 0 Å². The fourth-order valence-electron chi connectivity index (χ4n) is 0. The molecule has 0 aliphatic heterocycles. The quantitative estimate of drug-likeness (QED) is 0.342. The van der Waals surface area contributed by atoms with Crippen molar-refractivity contribution in [2.24, 2.45) is 0 Å². The summed E-state index contributed by atoms with van der Waals surface area (Å²) in [4.78, 5) is 0. The normalized spacial score (nSPS) is 19.2. The molecule has 0 rings (SSSR count). The van der Waals surface area contributed by atoms with Crippen molar-refractivity contribution in [1.82, 2.24) is 0 Å². The summed E-state index contributed by atoms with van der Waals surface area (Å²) in [5.41, 5.74) is 0. The summed E-state index contributed by atoms with van der Waals surface area (Å²) in [6.45, 7) is -0.328. The molecule has 0 atom stereocenters. The summed E-state index contributed by atoms with van der Waals surface area (Å²) in [5, 5.41) is 0. The molecule has 6 heavy (non-hydrogen) atoms. The van der Waals surface area contributed by atoms with Gasteiger partial charge >= 0.3 is 31.3 Å². The molecular weight excluding hydrogens is 119 g/mol. The van der Waals surface area contributed by atoms with E-state index in [1.54, 1.807) is 0 Å². The van der Waals surface area contributed by atoms with Crippen molar-refractivity contribution in [1.29, 1.82) is 0 Å².